The summed E-state index contributed by atoms with van der Waals surface area (Å²) in [7, 11) is 1.55. The summed E-state index contributed by atoms with van der Waals surface area (Å²) >= 11 is 0. The summed E-state index contributed by atoms with van der Waals surface area (Å²) < 4.78 is 5.04. The molecule has 0 bridgehead atoms. The molecule has 1 aliphatic carbocycles. The van der Waals surface area contributed by atoms with E-state index in [1.165, 1.54) is 0 Å². The molecule has 1 aromatic carbocycles. The van der Waals surface area contributed by atoms with Crippen molar-refractivity contribution in [2.75, 3.05) is 7.11 Å². The van der Waals surface area contributed by atoms with Gasteiger partial charge in [-0.25, -0.2) is 0 Å². The summed E-state index contributed by atoms with van der Waals surface area (Å²) in [6, 6.07) is 5.38. The van der Waals surface area contributed by atoms with Crippen LogP contribution >= 0.6 is 0 Å². The topological polar surface area (TPSA) is 58.9 Å². The third kappa shape index (κ3) is 1.58. The Balaban J connectivity index is 2.49. The molecule has 4 heteroatoms. The van der Waals surface area contributed by atoms with Gasteiger partial charge < -0.3 is 9.94 Å². The molecule has 78 valence electrons. The van der Waals surface area contributed by atoms with Crippen molar-refractivity contribution in [3.05, 3.63) is 29.3 Å². The summed E-state index contributed by atoms with van der Waals surface area (Å²) in [4.78, 5) is 11.8. The Hall–Kier alpha value is -1.84. The van der Waals surface area contributed by atoms with Crippen molar-refractivity contribution >= 4 is 11.5 Å². The summed E-state index contributed by atoms with van der Waals surface area (Å²) in [5, 5.41) is 11.7. The van der Waals surface area contributed by atoms with Crippen LogP contribution < -0.4 is 4.74 Å². The van der Waals surface area contributed by atoms with Crippen LogP contribution in [0.4, 0.5) is 0 Å². The van der Waals surface area contributed by atoms with E-state index in [1.54, 1.807) is 13.2 Å². The molecule has 0 spiro atoms. The lowest BCUT2D eigenvalue weighted by Crippen LogP contribution is -2.22. The van der Waals surface area contributed by atoms with Gasteiger partial charge in [-0.3, -0.25) is 4.79 Å². The zero-order valence-corrected chi connectivity index (χ0v) is 8.36. The van der Waals surface area contributed by atoms with Crippen molar-refractivity contribution in [1.82, 2.24) is 0 Å². The van der Waals surface area contributed by atoms with Gasteiger partial charge in [0.2, 0.25) is 5.78 Å². The smallest absolute Gasteiger partial charge is 0.210 e. The molecule has 0 saturated carbocycles. The Morgan fingerprint density at radius 3 is 2.87 bits per heavy atom. The number of benzene rings is 1. The number of hydrogen-bond acceptors (Lipinski definition) is 4. The van der Waals surface area contributed by atoms with Crippen LogP contribution in [0.5, 0.6) is 5.75 Å². The van der Waals surface area contributed by atoms with E-state index in [0.717, 1.165) is 12.0 Å². The van der Waals surface area contributed by atoms with Gasteiger partial charge >= 0.3 is 0 Å². The first-order valence-electron chi connectivity index (χ1n) is 4.69. The highest BCUT2D eigenvalue weighted by molar-refractivity contribution is 6.47. The Bertz CT molecular complexity index is 437. The van der Waals surface area contributed by atoms with Crippen LogP contribution in [-0.2, 0) is 6.42 Å². The molecule has 0 amide bonds. The first kappa shape index (κ1) is 9.71. The first-order chi connectivity index (χ1) is 7.26. The average molecular weight is 205 g/mol. The molecule has 1 aliphatic rings. The van der Waals surface area contributed by atoms with Crippen LogP contribution in [-0.4, -0.2) is 23.8 Å². The summed E-state index contributed by atoms with van der Waals surface area (Å²) in [5.74, 6) is 0.430. The van der Waals surface area contributed by atoms with Gasteiger partial charge in [-0.1, -0.05) is 11.2 Å². The highest BCUT2D eigenvalue weighted by Crippen LogP contribution is 2.24. The Morgan fingerprint density at radius 2 is 2.20 bits per heavy atom. The third-order valence-corrected chi connectivity index (χ3v) is 2.58. The predicted octanol–water partition coefficient (Wildman–Crippen LogP) is 1.65. The van der Waals surface area contributed by atoms with Gasteiger partial charge in [0.05, 0.1) is 7.11 Å². The number of aryl methyl sites for hydroxylation is 1. The number of Topliss-reactive ketones (excluding diaryl/α,β-unsaturated/α-hetero) is 1. The molecule has 0 aliphatic heterocycles. The number of methoxy groups -OCH3 is 1. The Labute approximate surface area is 87.2 Å². The lowest BCUT2D eigenvalue weighted by atomic mass is 9.89. The van der Waals surface area contributed by atoms with E-state index < -0.39 is 0 Å². The molecule has 1 N–H and O–H groups in total. The number of ether oxygens (including phenoxy) is 1. The van der Waals surface area contributed by atoms with Gasteiger partial charge in [0, 0.05) is 12.0 Å². The van der Waals surface area contributed by atoms with Crippen LogP contribution in [0.2, 0.25) is 0 Å². The Kier molecular flexibility index (Phi) is 2.41. The second-order valence-electron chi connectivity index (χ2n) is 3.40. The number of carbonyl (C=O) groups is 1. The van der Waals surface area contributed by atoms with Gasteiger partial charge in [0.1, 0.15) is 11.5 Å². The van der Waals surface area contributed by atoms with Crippen LogP contribution in [0, 0.1) is 0 Å². The third-order valence-electron chi connectivity index (χ3n) is 2.58. The monoisotopic (exact) mass is 205 g/mol. The van der Waals surface area contributed by atoms with Gasteiger partial charge in [-0.15, -0.1) is 0 Å². The van der Waals surface area contributed by atoms with Gasteiger partial charge in [0.15, 0.2) is 0 Å². The standard InChI is InChI=1S/C11H11NO3/c1-15-8-4-2-7-3-5-10(12-14)11(13)9(7)6-8/h2,4,6,14H,3,5H2,1H3. The first-order valence-corrected chi connectivity index (χ1v) is 4.69. The predicted molar refractivity (Wildman–Crippen MR) is 54.9 cm³/mol. The summed E-state index contributed by atoms with van der Waals surface area (Å²) in [6.45, 7) is 0. The van der Waals surface area contributed by atoms with Crippen LogP contribution in [0.1, 0.15) is 22.3 Å². The highest BCUT2D eigenvalue weighted by Gasteiger charge is 2.24. The van der Waals surface area contributed by atoms with Crippen molar-refractivity contribution in [1.29, 1.82) is 0 Å². The average Bonchev–Trinajstić information content (AvgIpc) is 2.29. The molecular formula is C11H11NO3. The number of oxime groups is 1. The van der Waals surface area contributed by atoms with Crippen LogP contribution in [0.15, 0.2) is 23.4 Å². The maximum atomic E-state index is 11.8. The van der Waals surface area contributed by atoms with E-state index in [-0.39, 0.29) is 11.5 Å². The summed E-state index contributed by atoms with van der Waals surface area (Å²) in [6.07, 6.45) is 1.22. The molecule has 0 saturated heterocycles. The van der Waals surface area contributed by atoms with E-state index in [4.69, 9.17) is 9.94 Å². The van der Waals surface area contributed by atoms with Crippen molar-refractivity contribution < 1.29 is 14.7 Å². The molecule has 0 atom stereocenters. The molecule has 4 nitrogen and oxygen atoms in total. The minimum absolute atomic E-state index is 0.211. The fraction of sp³-hybridized carbons (Fsp3) is 0.273. The second-order valence-corrected chi connectivity index (χ2v) is 3.40. The van der Waals surface area contributed by atoms with E-state index in [1.807, 2.05) is 12.1 Å². The van der Waals surface area contributed by atoms with Crippen LogP contribution in [0.25, 0.3) is 0 Å². The van der Waals surface area contributed by atoms with Crippen molar-refractivity contribution in [3.63, 3.8) is 0 Å². The number of ketones is 1. The second kappa shape index (κ2) is 3.73. The molecular weight excluding hydrogens is 194 g/mol. The molecule has 0 fully saturated rings. The number of nitrogens with zero attached hydrogens (tertiary/aromatic N) is 1. The number of hydrogen-bond donors (Lipinski definition) is 1. The van der Waals surface area contributed by atoms with E-state index in [2.05, 4.69) is 5.16 Å². The van der Waals surface area contributed by atoms with Crippen LogP contribution in [0.3, 0.4) is 0 Å². The Morgan fingerprint density at radius 1 is 1.40 bits per heavy atom. The van der Waals surface area contributed by atoms with Gasteiger partial charge in [-0.2, -0.15) is 0 Å². The quantitative estimate of drug-likeness (QED) is 0.560. The van der Waals surface area contributed by atoms with Gasteiger partial charge in [0.25, 0.3) is 0 Å². The largest absolute Gasteiger partial charge is 0.497 e. The molecule has 0 heterocycles. The molecule has 2 rings (SSSR count). The molecule has 15 heavy (non-hydrogen) atoms. The normalized spacial score (nSPS) is 17.7. The highest BCUT2D eigenvalue weighted by atomic mass is 16.5. The fourth-order valence-electron chi connectivity index (χ4n) is 1.73. The molecule has 0 radical (unpaired) electrons. The van der Waals surface area contributed by atoms with E-state index in [0.29, 0.717) is 17.7 Å². The number of carbonyl (C=O) groups excluding carboxylic acids is 1. The SMILES string of the molecule is COc1ccc2c(c1)C(=O)C(=NO)CC2. The maximum absolute atomic E-state index is 11.8. The summed E-state index contributed by atoms with van der Waals surface area (Å²) in [5.41, 5.74) is 1.78. The lowest BCUT2D eigenvalue weighted by molar-refractivity contribution is 0.105. The zero-order chi connectivity index (χ0) is 10.8. The number of rotatable bonds is 1. The molecule has 0 aromatic heterocycles. The van der Waals surface area contributed by atoms with E-state index >= 15 is 0 Å². The maximum Gasteiger partial charge on any atom is 0.210 e. The molecule has 0 unspecified atom stereocenters. The van der Waals surface area contributed by atoms with Gasteiger partial charge in [-0.05, 0) is 24.1 Å². The lowest BCUT2D eigenvalue weighted by Gasteiger charge is -2.15. The van der Waals surface area contributed by atoms with Crippen molar-refractivity contribution in [3.8, 4) is 5.75 Å². The minimum Gasteiger partial charge on any atom is -0.497 e. The van der Waals surface area contributed by atoms with Crippen molar-refractivity contribution in [2.24, 2.45) is 5.16 Å². The molecule has 1 aromatic rings. The fourth-order valence-corrected chi connectivity index (χ4v) is 1.73. The zero-order valence-electron chi connectivity index (χ0n) is 8.36. The van der Waals surface area contributed by atoms with E-state index in [9.17, 15) is 4.79 Å². The van der Waals surface area contributed by atoms with Crippen molar-refractivity contribution in [2.45, 2.75) is 12.8 Å². The number of fused-ring (bicyclic) bond motifs is 1. The minimum atomic E-state index is -0.211.